The van der Waals surface area contributed by atoms with E-state index in [9.17, 15) is 4.79 Å². The largest absolute Gasteiger partial charge is 0.379 e. The van der Waals surface area contributed by atoms with Gasteiger partial charge < -0.3 is 19.6 Å². The molecule has 1 fully saturated rings. The predicted octanol–water partition coefficient (Wildman–Crippen LogP) is 2.16. The summed E-state index contributed by atoms with van der Waals surface area (Å²) in [5.41, 5.74) is 3.19. The normalized spacial score (nSPS) is 20.2. The van der Waals surface area contributed by atoms with Gasteiger partial charge in [0.25, 0.3) is 5.91 Å². The number of aromatic amines is 1. The number of carbonyl (C=O) groups excluding carboxylic acids is 1. The molecule has 1 saturated heterocycles. The number of H-pyrrole nitrogens is 1. The average Bonchev–Trinajstić information content (AvgIpc) is 3.27. The fourth-order valence-electron chi connectivity index (χ4n) is 3.26. The second-order valence-corrected chi connectivity index (χ2v) is 6.57. The summed E-state index contributed by atoms with van der Waals surface area (Å²) in [7, 11) is 0. The fourth-order valence-corrected chi connectivity index (χ4v) is 3.26. The summed E-state index contributed by atoms with van der Waals surface area (Å²) in [5, 5.41) is 6.99. The summed E-state index contributed by atoms with van der Waals surface area (Å²) in [4.78, 5) is 20.1. The quantitative estimate of drug-likeness (QED) is 0.759. The zero-order valence-corrected chi connectivity index (χ0v) is 14.2. The number of aryl methyl sites for hydroxylation is 2. The summed E-state index contributed by atoms with van der Waals surface area (Å²) in [6, 6.07) is 7.36. The maximum absolute atomic E-state index is 12.6. The number of rotatable bonds is 4. The van der Waals surface area contributed by atoms with Crippen LogP contribution in [-0.4, -0.2) is 40.3 Å². The molecule has 0 spiro atoms. The molecule has 7 nitrogen and oxygen atoms in total. The van der Waals surface area contributed by atoms with E-state index in [0.717, 1.165) is 28.3 Å². The van der Waals surface area contributed by atoms with Crippen molar-refractivity contribution in [3.05, 3.63) is 47.1 Å². The molecule has 2 aromatic heterocycles. The van der Waals surface area contributed by atoms with E-state index < -0.39 is 0 Å². The lowest BCUT2D eigenvalue weighted by Crippen LogP contribution is -2.40. The van der Waals surface area contributed by atoms with Crippen LogP contribution >= 0.6 is 0 Å². The van der Waals surface area contributed by atoms with E-state index in [1.165, 1.54) is 0 Å². The second-order valence-electron chi connectivity index (χ2n) is 6.57. The molecule has 1 aromatic carbocycles. The molecule has 2 atom stereocenters. The smallest absolute Gasteiger partial charge is 0.251 e. The Kier molecular flexibility index (Phi) is 4.01. The molecular formula is C18H20N4O3. The van der Waals surface area contributed by atoms with Crippen molar-refractivity contribution >= 4 is 16.9 Å². The number of nitrogens with one attached hydrogen (secondary N) is 2. The van der Waals surface area contributed by atoms with Crippen LogP contribution in [0.1, 0.15) is 27.6 Å². The minimum atomic E-state index is -0.108. The highest BCUT2D eigenvalue weighted by Crippen LogP contribution is 2.21. The Morgan fingerprint density at radius 2 is 2.20 bits per heavy atom. The van der Waals surface area contributed by atoms with Gasteiger partial charge in [-0.25, -0.2) is 4.98 Å². The Balaban J connectivity index is 1.46. The van der Waals surface area contributed by atoms with Crippen LogP contribution in [0.2, 0.25) is 0 Å². The average molecular weight is 340 g/mol. The number of nitrogens with zero attached hydrogens (tertiary/aromatic N) is 2. The third-order valence-electron chi connectivity index (χ3n) is 4.52. The van der Waals surface area contributed by atoms with Gasteiger partial charge in [-0.15, -0.1) is 0 Å². The van der Waals surface area contributed by atoms with Crippen molar-refractivity contribution in [2.24, 2.45) is 5.92 Å². The topological polar surface area (TPSA) is 93.0 Å². The summed E-state index contributed by atoms with van der Waals surface area (Å²) in [5.74, 6) is 1.72. The lowest BCUT2D eigenvalue weighted by Gasteiger charge is -2.18. The van der Waals surface area contributed by atoms with Crippen molar-refractivity contribution in [1.82, 2.24) is 20.4 Å². The highest BCUT2D eigenvalue weighted by Gasteiger charge is 2.31. The van der Waals surface area contributed by atoms with Crippen LogP contribution in [0.3, 0.4) is 0 Å². The van der Waals surface area contributed by atoms with Gasteiger partial charge in [-0.1, -0.05) is 5.16 Å². The molecule has 3 heterocycles. The van der Waals surface area contributed by atoms with Crippen LogP contribution in [0.5, 0.6) is 0 Å². The van der Waals surface area contributed by atoms with E-state index in [2.05, 4.69) is 20.4 Å². The first-order valence-corrected chi connectivity index (χ1v) is 8.35. The number of amides is 1. The number of ether oxygens (including phenoxy) is 1. The number of imidazole rings is 1. The van der Waals surface area contributed by atoms with Crippen molar-refractivity contribution in [2.75, 3.05) is 13.2 Å². The molecule has 0 unspecified atom stereocenters. The van der Waals surface area contributed by atoms with E-state index in [0.29, 0.717) is 25.2 Å². The van der Waals surface area contributed by atoms with E-state index in [4.69, 9.17) is 9.26 Å². The maximum atomic E-state index is 12.6. The lowest BCUT2D eigenvalue weighted by molar-refractivity contribution is 0.0924. The van der Waals surface area contributed by atoms with Crippen LogP contribution in [0.25, 0.3) is 11.0 Å². The molecule has 2 N–H and O–H groups in total. The standard InChI is InChI=1S/C18H20N4O3/c1-10-5-14(25-22-10)6-13-8-24-9-17(13)21-18(23)12-3-4-15-16(7-12)20-11(2)19-15/h3-5,7,13,17H,6,8-9H2,1-2H3,(H,19,20)(H,21,23)/t13-,17+/m0/s1. The van der Waals surface area contributed by atoms with Gasteiger partial charge in [-0.3, -0.25) is 4.79 Å². The van der Waals surface area contributed by atoms with Crippen molar-refractivity contribution in [2.45, 2.75) is 26.3 Å². The molecule has 1 amide bonds. The van der Waals surface area contributed by atoms with E-state index in [1.807, 2.05) is 32.0 Å². The Morgan fingerprint density at radius 1 is 1.32 bits per heavy atom. The Bertz CT molecular complexity index is 914. The first kappa shape index (κ1) is 15.8. The molecule has 1 aliphatic rings. The number of carbonyl (C=O) groups is 1. The Labute approximate surface area is 144 Å². The molecule has 130 valence electrons. The van der Waals surface area contributed by atoms with Gasteiger partial charge in [-0.2, -0.15) is 0 Å². The van der Waals surface area contributed by atoms with Crippen LogP contribution in [0.4, 0.5) is 0 Å². The molecule has 7 heteroatoms. The molecule has 3 aromatic rings. The van der Waals surface area contributed by atoms with Crippen LogP contribution in [0, 0.1) is 19.8 Å². The molecule has 0 radical (unpaired) electrons. The predicted molar refractivity (Wildman–Crippen MR) is 91.3 cm³/mol. The first-order chi connectivity index (χ1) is 12.1. The Hall–Kier alpha value is -2.67. The van der Waals surface area contributed by atoms with Gasteiger partial charge in [0.2, 0.25) is 0 Å². The van der Waals surface area contributed by atoms with E-state index in [-0.39, 0.29) is 17.9 Å². The second kappa shape index (κ2) is 6.33. The molecule has 1 aliphatic heterocycles. The van der Waals surface area contributed by atoms with Crippen LogP contribution < -0.4 is 5.32 Å². The van der Waals surface area contributed by atoms with E-state index >= 15 is 0 Å². The van der Waals surface area contributed by atoms with Crippen molar-refractivity contribution in [1.29, 1.82) is 0 Å². The minimum absolute atomic E-state index is 0.0443. The van der Waals surface area contributed by atoms with Crippen LogP contribution in [-0.2, 0) is 11.2 Å². The van der Waals surface area contributed by atoms with Gasteiger partial charge in [0.05, 0.1) is 36.0 Å². The molecule has 0 bridgehead atoms. The van der Waals surface area contributed by atoms with E-state index in [1.54, 1.807) is 6.07 Å². The monoisotopic (exact) mass is 340 g/mol. The molecular weight excluding hydrogens is 320 g/mol. The summed E-state index contributed by atoms with van der Waals surface area (Å²) in [6.45, 7) is 4.90. The third kappa shape index (κ3) is 3.28. The highest BCUT2D eigenvalue weighted by molar-refractivity contribution is 5.97. The van der Waals surface area contributed by atoms with Crippen molar-refractivity contribution in [3.63, 3.8) is 0 Å². The van der Waals surface area contributed by atoms with Gasteiger partial charge >= 0.3 is 0 Å². The molecule has 4 rings (SSSR count). The number of hydrogen-bond donors (Lipinski definition) is 2. The first-order valence-electron chi connectivity index (χ1n) is 8.35. The lowest BCUT2D eigenvalue weighted by atomic mass is 9.98. The minimum Gasteiger partial charge on any atom is -0.379 e. The zero-order chi connectivity index (χ0) is 17.4. The number of aromatic nitrogens is 3. The molecule has 0 aliphatic carbocycles. The van der Waals surface area contributed by atoms with Crippen molar-refractivity contribution in [3.8, 4) is 0 Å². The van der Waals surface area contributed by atoms with Crippen LogP contribution in [0.15, 0.2) is 28.8 Å². The number of fused-ring (bicyclic) bond motifs is 1. The summed E-state index contributed by atoms with van der Waals surface area (Å²) >= 11 is 0. The van der Waals surface area contributed by atoms with Gasteiger partial charge in [0, 0.05) is 24.0 Å². The number of benzene rings is 1. The zero-order valence-electron chi connectivity index (χ0n) is 14.2. The SMILES string of the molecule is Cc1cc(C[C@H]2COC[C@H]2NC(=O)c2ccc3nc(C)[nH]c3c2)on1. The molecule has 25 heavy (non-hydrogen) atoms. The highest BCUT2D eigenvalue weighted by atomic mass is 16.5. The summed E-state index contributed by atoms with van der Waals surface area (Å²) in [6.07, 6.45) is 0.699. The van der Waals surface area contributed by atoms with Gasteiger partial charge in [-0.05, 0) is 32.0 Å². The maximum Gasteiger partial charge on any atom is 0.251 e. The third-order valence-corrected chi connectivity index (χ3v) is 4.52. The van der Waals surface area contributed by atoms with Gasteiger partial charge in [0.1, 0.15) is 11.6 Å². The summed E-state index contributed by atoms with van der Waals surface area (Å²) < 4.78 is 10.9. The number of hydrogen-bond acceptors (Lipinski definition) is 5. The fraction of sp³-hybridized carbons (Fsp3) is 0.389. The van der Waals surface area contributed by atoms with Crippen molar-refractivity contribution < 1.29 is 14.1 Å². The van der Waals surface area contributed by atoms with Gasteiger partial charge in [0.15, 0.2) is 0 Å². The molecule has 0 saturated carbocycles. The Morgan fingerprint density at radius 3 is 3.00 bits per heavy atom.